The zero-order chi connectivity index (χ0) is 13.8. The summed E-state index contributed by atoms with van der Waals surface area (Å²) in [4.78, 5) is 17.6. The fourth-order valence-electron chi connectivity index (χ4n) is 2.23. The van der Waals surface area contributed by atoms with E-state index in [0.29, 0.717) is 13.0 Å². The molecule has 2 atom stereocenters. The molecule has 4 N–H and O–H groups in total. The van der Waals surface area contributed by atoms with Crippen LogP contribution in [0.5, 0.6) is 0 Å². The Labute approximate surface area is 118 Å². The van der Waals surface area contributed by atoms with Crippen molar-refractivity contribution in [1.82, 2.24) is 15.6 Å². The molecule has 2 heterocycles. The van der Waals surface area contributed by atoms with Crippen LogP contribution in [0, 0.1) is 6.92 Å². The molecule has 5 nitrogen and oxygen atoms in total. The van der Waals surface area contributed by atoms with Crippen LogP contribution in [0.25, 0.3) is 0 Å². The number of rotatable bonds is 5. The minimum atomic E-state index is -0.140. The first-order chi connectivity index (χ1) is 9.10. The van der Waals surface area contributed by atoms with Gasteiger partial charge in [-0.05, 0) is 26.2 Å². The summed E-state index contributed by atoms with van der Waals surface area (Å²) in [6.07, 6.45) is 2.83. The van der Waals surface area contributed by atoms with E-state index in [4.69, 9.17) is 5.73 Å². The van der Waals surface area contributed by atoms with Gasteiger partial charge in [0.05, 0.1) is 23.3 Å². The third-order valence-electron chi connectivity index (χ3n) is 3.31. The van der Waals surface area contributed by atoms with Gasteiger partial charge in [-0.1, -0.05) is 6.92 Å². The molecule has 0 spiro atoms. The Kier molecular flexibility index (Phi) is 4.90. The van der Waals surface area contributed by atoms with Crippen LogP contribution < -0.4 is 16.4 Å². The molecule has 1 amide bonds. The average molecular weight is 282 g/mol. The Bertz CT molecular complexity index is 446. The lowest BCUT2D eigenvalue weighted by Crippen LogP contribution is -2.39. The second-order valence-corrected chi connectivity index (χ2v) is 6.21. The topological polar surface area (TPSA) is 80.0 Å². The molecule has 1 aromatic heterocycles. The van der Waals surface area contributed by atoms with Crippen molar-refractivity contribution in [3.8, 4) is 0 Å². The molecule has 1 saturated heterocycles. The predicted molar refractivity (Wildman–Crippen MR) is 77.1 cm³/mol. The highest BCUT2D eigenvalue weighted by atomic mass is 32.1. The van der Waals surface area contributed by atoms with Crippen molar-refractivity contribution in [2.24, 2.45) is 5.73 Å². The quantitative estimate of drug-likeness (QED) is 0.743. The number of thiazole rings is 1. The number of nitrogens with one attached hydrogen (secondary N) is 2. The van der Waals surface area contributed by atoms with Crippen molar-refractivity contribution < 1.29 is 4.79 Å². The second-order valence-electron chi connectivity index (χ2n) is 5.04. The Balaban J connectivity index is 1.86. The first kappa shape index (κ1) is 14.4. The number of aromatic nitrogens is 1. The molecule has 0 aromatic carbocycles. The van der Waals surface area contributed by atoms with Crippen LogP contribution in [0.2, 0.25) is 0 Å². The van der Waals surface area contributed by atoms with Crippen molar-refractivity contribution in [1.29, 1.82) is 0 Å². The molecule has 2 rings (SSSR count). The first-order valence-corrected chi connectivity index (χ1v) is 7.63. The summed E-state index contributed by atoms with van der Waals surface area (Å²) in [6, 6.07) is -0.0459. The number of nitrogens with zero attached hydrogens (tertiary/aromatic N) is 1. The second kappa shape index (κ2) is 6.45. The van der Waals surface area contributed by atoms with E-state index < -0.39 is 0 Å². The van der Waals surface area contributed by atoms with Crippen LogP contribution in [0.1, 0.15) is 35.3 Å². The Morgan fingerprint density at radius 3 is 3.05 bits per heavy atom. The van der Waals surface area contributed by atoms with E-state index in [1.807, 2.05) is 6.92 Å². The lowest BCUT2D eigenvalue weighted by molar-refractivity contribution is -0.122. The van der Waals surface area contributed by atoms with E-state index in [1.54, 1.807) is 11.3 Å². The molecule has 0 unspecified atom stereocenters. The summed E-state index contributed by atoms with van der Waals surface area (Å²) in [5.74, 6) is 0.0396. The van der Waals surface area contributed by atoms with Gasteiger partial charge in [0, 0.05) is 17.5 Å². The van der Waals surface area contributed by atoms with Crippen LogP contribution >= 0.6 is 11.3 Å². The largest absolute Gasteiger partial charge is 0.350 e. The van der Waals surface area contributed by atoms with Gasteiger partial charge in [0.2, 0.25) is 5.91 Å². The smallest absolute Gasteiger partial charge is 0.237 e. The Hall–Kier alpha value is -0.980. The predicted octanol–water partition coefficient (Wildman–Crippen LogP) is 0.709. The van der Waals surface area contributed by atoms with Gasteiger partial charge in [0.15, 0.2) is 0 Å². The minimum Gasteiger partial charge on any atom is -0.350 e. The third-order valence-corrected chi connectivity index (χ3v) is 4.52. The number of carbonyl (C=O) groups excluding carboxylic acids is 1. The van der Waals surface area contributed by atoms with E-state index in [0.717, 1.165) is 35.0 Å². The third kappa shape index (κ3) is 3.75. The number of hydrogen-bond donors (Lipinski definition) is 3. The van der Waals surface area contributed by atoms with Gasteiger partial charge >= 0.3 is 0 Å². The maximum absolute atomic E-state index is 12.0. The van der Waals surface area contributed by atoms with Crippen LogP contribution in [0.3, 0.4) is 0 Å². The number of carbonyl (C=O) groups is 1. The molecule has 1 fully saturated rings. The molecular weight excluding hydrogens is 260 g/mol. The van der Waals surface area contributed by atoms with Gasteiger partial charge in [-0.3, -0.25) is 4.79 Å². The molecule has 1 aromatic rings. The summed E-state index contributed by atoms with van der Waals surface area (Å²) in [5, 5.41) is 7.26. The van der Waals surface area contributed by atoms with Crippen molar-refractivity contribution in [2.45, 2.75) is 51.7 Å². The fourth-order valence-corrected chi connectivity index (χ4v) is 3.34. The molecule has 106 valence electrons. The first-order valence-electron chi connectivity index (χ1n) is 6.82. The van der Waals surface area contributed by atoms with Crippen LogP contribution in [0.15, 0.2) is 0 Å². The van der Waals surface area contributed by atoms with Gasteiger partial charge < -0.3 is 16.4 Å². The monoisotopic (exact) mass is 282 g/mol. The Morgan fingerprint density at radius 2 is 2.42 bits per heavy atom. The van der Waals surface area contributed by atoms with E-state index in [9.17, 15) is 4.79 Å². The highest BCUT2D eigenvalue weighted by Gasteiger charge is 2.26. The average Bonchev–Trinajstić information content (AvgIpc) is 2.94. The number of aryl methyl sites for hydroxylation is 2. The molecule has 0 bridgehead atoms. The van der Waals surface area contributed by atoms with Crippen LogP contribution in [0.4, 0.5) is 0 Å². The summed E-state index contributed by atoms with van der Waals surface area (Å²) in [6.45, 7) is 5.44. The van der Waals surface area contributed by atoms with Crippen molar-refractivity contribution in [3.05, 3.63) is 15.6 Å². The van der Waals surface area contributed by atoms with Gasteiger partial charge in [-0.25, -0.2) is 4.98 Å². The van der Waals surface area contributed by atoms with E-state index >= 15 is 0 Å². The molecule has 0 saturated carbocycles. The minimum absolute atomic E-state index is 0.0396. The molecule has 19 heavy (non-hydrogen) atoms. The lowest BCUT2D eigenvalue weighted by atomic mass is 10.2. The number of hydrogen-bond acceptors (Lipinski definition) is 5. The molecule has 1 aliphatic heterocycles. The van der Waals surface area contributed by atoms with Crippen LogP contribution in [-0.4, -0.2) is 29.5 Å². The van der Waals surface area contributed by atoms with Gasteiger partial charge in [0.1, 0.15) is 0 Å². The van der Waals surface area contributed by atoms with Gasteiger partial charge in [0.25, 0.3) is 0 Å². The number of amides is 1. The molecule has 1 aliphatic rings. The van der Waals surface area contributed by atoms with E-state index in [1.165, 1.54) is 0 Å². The molecule has 0 radical (unpaired) electrons. The van der Waals surface area contributed by atoms with Crippen molar-refractivity contribution in [2.75, 3.05) is 6.54 Å². The van der Waals surface area contributed by atoms with E-state index in [-0.39, 0.29) is 18.0 Å². The molecule has 6 heteroatoms. The summed E-state index contributed by atoms with van der Waals surface area (Å²) < 4.78 is 0. The SMILES string of the molecule is CCCc1nc(C)c(CNC(=O)[C@@H]2C[C@@H](N)CN2)s1. The highest BCUT2D eigenvalue weighted by Crippen LogP contribution is 2.19. The zero-order valence-corrected chi connectivity index (χ0v) is 12.3. The zero-order valence-electron chi connectivity index (χ0n) is 11.5. The normalized spacial score (nSPS) is 22.7. The summed E-state index contributed by atoms with van der Waals surface area (Å²) >= 11 is 1.70. The highest BCUT2D eigenvalue weighted by molar-refractivity contribution is 7.11. The van der Waals surface area contributed by atoms with Crippen molar-refractivity contribution >= 4 is 17.2 Å². The maximum atomic E-state index is 12.0. The summed E-state index contributed by atoms with van der Waals surface area (Å²) in [5.41, 5.74) is 6.81. The molecular formula is C13H22N4OS. The van der Waals surface area contributed by atoms with E-state index in [2.05, 4.69) is 22.5 Å². The Morgan fingerprint density at radius 1 is 1.63 bits per heavy atom. The van der Waals surface area contributed by atoms with Gasteiger partial charge in [-0.15, -0.1) is 11.3 Å². The number of nitrogens with two attached hydrogens (primary N) is 1. The standard InChI is InChI=1S/C13H22N4OS/c1-3-4-12-17-8(2)11(19-12)7-16-13(18)10-5-9(14)6-15-10/h9-10,15H,3-7,14H2,1-2H3,(H,16,18)/t9-,10+/m1/s1. The molecule has 0 aliphatic carbocycles. The summed E-state index contributed by atoms with van der Waals surface area (Å²) in [7, 11) is 0. The fraction of sp³-hybridized carbons (Fsp3) is 0.692. The van der Waals surface area contributed by atoms with Crippen LogP contribution in [-0.2, 0) is 17.8 Å². The lowest BCUT2D eigenvalue weighted by Gasteiger charge is -2.10. The van der Waals surface area contributed by atoms with Gasteiger partial charge in [-0.2, -0.15) is 0 Å². The maximum Gasteiger partial charge on any atom is 0.237 e. The van der Waals surface area contributed by atoms with Crippen molar-refractivity contribution in [3.63, 3.8) is 0 Å².